The first-order valence-corrected chi connectivity index (χ1v) is 7.50. The highest BCUT2D eigenvalue weighted by Gasteiger charge is 2.39. The molecule has 0 amide bonds. The third-order valence-electron chi connectivity index (χ3n) is 3.11. The van der Waals surface area contributed by atoms with E-state index in [4.69, 9.17) is 9.84 Å². The van der Waals surface area contributed by atoms with Crippen molar-refractivity contribution in [2.75, 3.05) is 12.4 Å². The fourth-order valence-corrected chi connectivity index (χ4v) is 3.52. The van der Waals surface area contributed by atoms with Gasteiger partial charge in [-0.3, -0.25) is 14.9 Å². The molecule has 1 aliphatic rings. The quantitative estimate of drug-likeness (QED) is 0.801. The molecule has 1 saturated heterocycles. The molecule has 0 saturated carbocycles. The Hall–Kier alpha value is -1.53. The number of carbonyl (C=O) groups excluding carboxylic acids is 1. The molecule has 0 spiro atoms. The van der Waals surface area contributed by atoms with E-state index >= 15 is 0 Å². The Morgan fingerprint density at radius 1 is 1.45 bits per heavy atom. The molecule has 20 heavy (non-hydrogen) atoms. The normalized spacial score (nSPS) is 23.2. The van der Waals surface area contributed by atoms with Crippen LogP contribution in [0.5, 0.6) is 0 Å². The summed E-state index contributed by atoms with van der Waals surface area (Å²) in [5.41, 5.74) is 0.835. The van der Waals surface area contributed by atoms with Crippen LogP contribution in [0.3, 0.4) is 0 Å². The van der Waals surface area contributed by atoms with Crippen LogP contribution >= 0.6 is 11.8 Å². The molecule has 1 aliphatic heterocycles. The third kappa shape index (κ3) is 3.32. The minimum absolute atomic E-state index is 0.280. The summed E-state index contributed by atoms with van der Waals surface area (Å²) in [6.07, 6.45) is 0. The standard InChI is InChI=1S/C14H17NO4S/c1-2-19-14(18)11(9-6-4-3-5-7-9)12-15-10(8-20-12)13(16)17/h3-7,10-12,15H,2,8H2,1H3,(H,16,17)/t10-,11-,12-/m1/s1. The molecule has 0 radical (unpaired) electrons. The molecule has 0 aromatic heterocycles. The van der Waals surface area contributed by atoms with E-state index in [-0.39, 0.29) is 11.3 Å². The maximum absolute atomic E-state index is 12.2. The molecule has 0 aliphatic carbocycles. The molecular weight excluding hydrogens is 278 g/mol. The highest BCUT2D eigenvalue weighted by molar-refractivity contribution is 8.00. The Morgan fingerprint density at radius 3 is 2.70 bits per heavy atom. The lowest BCUT2D eigenvalue weighted by atomic mass is 9.98. The minimum atomic E-state index is -0.893. The summed E-state index contributed by atoms with van der Waals surface area (Å²) < 4.78 is 5.13. The Balaban J connectivity index is 2.20. The number of nitrogens with one attached hydrogen (secondary N) is 1. The lowest BCUT2D eigenvalue weighted by molar-refractivity contribution is -0.145. The van der Waals surface area contributed by atoms with Gasteiger partial charge in [-0.1, -0.05) is 30.3 Å². The maximum Gasteiger partial charge on any atom is 0.321 e. The minimum Gasteiger partial charge on any atom is -0.480 e. The summed E-state index contributed by atoms with van der Waals surface area (Å²) in [6.45, 7) is 2.07. The van der Waals surface area contributed by atoms with Crippen molar-refractivity contribution >= 4 is 23.7 Å². The van der Waals surface area contributed by atoms with Crippen LogP contribution in [-0.2, 0) is 14.3 Å². The predicted molar refractivity (Wildman–Crippen MR) is 76.6 cm³/mol. The van der Waals surface area contributed by atoms with E-state index in [0.29, 0.717) is 12.4 Å². The van der Waals surface area contributed by atoms with Gasteiger partial charge in [-0.25, -0.2) is 0 Å². The van der Waals surface area contributed by atoms with E-state index in [0.717, 1.165) is 5.56 Å². The van der Waals surface area contributed by atoms with Gasteiger partial charge in [0.25, 0.3) is 0 Å². The zero-order valence-electron chi connectivity index (χ0n) is 11.1. The van der Waals surface area contributed by atoms with Crippen molar-refractivity contribution in [3.8, 4) is 0 Å². The fourth-order valence-electron chi connectivity index (χ4n) is 2.16. The molecule has 2 rings (SSSR count). The van der Waals surface area contributed by atoms with E-state index < -0.39 is 17.9 Å². The van der Waals surface area contributed by atoms with Gasteiger partial charge in [-0.2, -0.15) is 0 Å². The lowest BCUT2D eigenvalue weighted by Gasteiger charge is -2.22. The molecule has 2 N–H and O–H groups in total. The van der Waals surface area contributed by atoms with E-state index in [1.165, 1.54) is 11.8 Å². The van der Waals surface area contributed by atoms with Gasteiger partial charge in [-0.15, -0.1) is 11.8 Å². The van der Waals surface area contributed by atoms with Crippen LogP contribution in [0.15, 0.2) is 30.3 Å². The van der Waals surface area contributed by atoms with Crippen LogP contribution in [-0.4, -0.2) is 40.8 Å². The number of rotatable bonds is 5. The second-order valence-corrected chi connectivity index (χ2v) is 5.63. The summed E-state index contributed by atoms with van der Waals surface area (Å²) in [5.74, 6) is -1.26. The Labute approximate surface area is 121 Å². The molecule has 108 valence electrons. The summed E-state index contributed by atoms with van der Waals surface area (Å²) in [5, 5.41) is 11.7. The average molecular weight is 295 g/mol. The van der Waals surface area contributed by atoms with Crippen LogP contribution in [0.2, 0.25) is 0 Å². The van der Waals surface area contributed by atoms with Crippen molar-refractivity contribution in [3.05, 3.63) is 35.9 Å². The first-order chi connectivity index (χ1) is 9.63. The smallest absolute Gasteiger partial charge is 0.321 e. The summed E-state index contributed by atoms with van der Waals surface area (Å²) in [7, 11) is 0. The maximum atomic E-state index is 12.2. The number of aliphatic carboxylic acids is 1. The Kier molecular flexibility index (Phi) is 5.03. The summed E-state index contributed by atoms with van der Waals surface area (Å²) in [4.78, 5) is 23.2. The van der Waals surface area contributed by atoms with Crippen LogP contribution in [0.4, 0.5) is 0 Å². The molecular formula is C14H17NO4S. The zero-order valence-corrected chi connectivity index (χ0v) is 11.9. The van der Waals surface area contributed by atoms with Crippen LogP contribution < -0.4 is 5.32 Å². The average Bonchev–Trinajstić information content (AvgIpc) is 2.90. The van der Waals surface area contributed by atoms with Crippen LogP contribution in [0.25, 0.3) is 0 Å². The first kappa shape index (κ1) is 14.9. The fraction of sp³-hybridized carbons (Fsp3) is 0.429. The van der Waals surface area contributed by atoms with Gasteiger partial charge in [0, 0.05) is 5.75 Å². The van der Waals surface area contributed by atoms with Crippen molar-refractivity contribution in [2.24, 2.45) is 0 Å². The number of carboxylic acid groups (broad SMARTS) is 1. The number of thioether (sulfide) groups is 1. The molecule has 1 heterocycles. The van der Waals surface area contributed by atoms with Crippen molar-refractivity contribution in [2.45, 2.75) is 24.3 Å². The SMILES string of the molecule is CCOC(=O)[C@H](c1ccccc1)[C@@H]1N[C@@H](C(=O)O)CS1. The number of hydrogen-bond acceptors (Lipinski definition) is 5. The molecule has 0 unspecified atom stereocenters. The molecule has 6 heteroatoms. The Morgan fingerprint density at radius 2 is 2.15 bits per heavy atom. The monoisotopic (exact) mass is 295 g/mol. The number of carboxylic acids is 1. The largest absolute Gasteiger partial charge is 0.480 e. The number of esters is 1. The molecule has 0 bridgehead atoms. The molecule has 5 nitrogen and oxygen atoms in total. The molecule has 1 aromatic rings. The van der Waals surface area contributed by atoms with E-state index in [9.17, 15) is 9.59 Å². The predicted octanol–water partition coefficient (Wildman–Crippen LogP) is 1.45. The Bertz CT molecular complexity index is 479. The van der Waals surface area contributed by atoms with Gasteiger partial charge in [-0.05, 0) is 12.5 Å². The highest BCUT2D eigenvalue weighted by atomic mass is 32.2. The van der Waals surface area contributed by atoms with Gasteiger partial charge in [0.2, 0.25) is 0 Å². The zero-order chi connectivity index (χ0) is 14.5. The lowest BCUT2D eigenvalue weighted by Crippen LogP contribution is -2.41. The third-order valence-corrected chi connectivity index (χ3v) is 4.40. The van der Waals surface area contributed by atoms with Crippen molar-refractivity contribution in [1.82, 2.24) is 5.32 Å². The van der Waals surface area contributed by atoms with Gasteiger partial charge in [0.1, 0.15) is 12.0 Å². The highest BCUT2D eigenvalue weighted by Crippen LogP contribution is 2.33. The second kappa shape index (κ2) is 6.76. The van der Waals surface area contributed by atoms with Gasteiger partial charge >= 0.3 is 11.9 Å². The molecule has 3 atom stereocenters. The van der Waals surface area contributed by atoms with Crippen LogP contribution in [0.1, 0.15) is 18.4 Å². The topological polar surface area (TPSA) is 75.6 Å². The van der Waals surface area contributed by atoms with E-state index in [1.54, 1.807) is 6.92 Å². The van der Waals surface area contributed by atoms with Crippen LogP contribution in [0, 0.1) is 0 Å². The van der Waals surface area contributed by atoms with Crippen molar-refractivity contribution < 1.29 is 19.4 Å². The molecule has 1 aromatic carbocycles. The van der Waals surface area contributed by atoms with Crippen molar-refractivity contribution in [3.63, 3.8) is 0 Å². The van der Waals surface area contributed by atoms with Gasteiger partial charge in [0.15, 0.2) is 0 Å². The first-order valence-electron chi connectivity index (χ1n) is 6.45. The number of benzene rings is 1. The number of ether oxygens (including phenoxy) is 1. The van der Waals surface area contributed by atoms with Gasteiger partial charge in [0.05, 0.1) is 12.0 Å². The summed E-state index contributed by atoms with van der Waals surface area (Å²) >= 11 is 1.44. The summed E-state index contributed by atoms with van der Waals surface area (Å²) in [6, 6.07) is 8.69. The van der Waals surface area contributed by atoms with Gasteiger partial charge < -0.3 is 9.84 Å². The number of carbonyl (C=O) groups is 2. The van der Waals surface area contributed by atoms with E-state index in [2.05, 4.69) is 5.32 Å². The molecule has 1 fully saturated rings. The second-order valence-electron chi connectivity index (χ2n) is 4.45. The van der Waals surface area contributed by atoms with E-state index in [1.807, 2.05) is 30.3 Å². The van der Waals surface area contributed by atoms with Crippen molar-refractivity contribution in [1.29, 1.82) is 0 Å². The number of hydrogen-bond donors (Lipinski definition) is 2.